The number of carbonyl (C=O) groups excluding carboxylic acids is 2. The number of nitrogens with zero attached hydrogens (tertiary/aromatic N) is 1. The molecule has 3 rings (SSSR count). The van der Waals surface area contributed by atoms with Crippen LogP contribution >= 0.6 is 11.3 Å². The summed E-state index contributed by atoms with van der Waals surface area (Å²) in [7, 11) is 1.60. The van der Waals surface area contributed by atoms with Crippen molar-refractivity contribution in [3.05, 3.63) is 59.1 Å². The average Bonchev–Trinajstić information content (AvgIpc) is 3.10. The molecule has 1 heterocycles. The van der Waals surface area contributed by atoms with Gasteiger partial charge in [-0.15, -0.1) is 11.3 Å². The molecule has 0 aliphatic carbocycles. The van der Waals surface area contributed by atoms with E-state index in [4.69, 9.17) is 4.74 Å². The smallest absolute Gasteiger partial charge is 0.275 e. The first-order valence-electron chi connectivity index (χ1n) is 8.51. The Labute approximate surface area is 166 Å². The molecule has 144 valence electrons. The van der Waals surface area contributed by atoms with E-state index in [9.17, 15) is 9.59 Å². The van der Waals surface area contributed by atoms with Crippen LogP contribution < -0.4 is 20.7 Å². The number of ether oxygens (including phenoxy) is 1. The van der Waals surface area contributed by atoms with Crippen molar-refractivity contribution < 1.29 is 14.3 Å². The molecule has 8 heteroatoms. The lowest BCUT2D eigenvalue weighted by Gasteiger charge is -2.09. The normalized spacial score (nSPS) is 10.2. The van der Waals surface area contributed by atoms with Crippen molar-refractivity contribution in [3.8, 4) is 5.75 Å². The van der Waals surface area contributed by atoms with E-state index in [0.29, 0.717) is 27.9 Å². The molecule has 0 saturated carbocycles. The van der Waals surface area contributed by atoms with E-state index >= 15 is 0 Å². The number of rotatable bonds is 6. The molecule has 0 fully saturated rings. The summed E-state index contributed by atoms with van der Waals surface area (Å²) in [5.41, 5.74) is 3.34. The SMILES string of the molecule is COc1ccc(C)cc1Nc1nc(C(=O)Nc2cccc(NC(C)=O)c2)cs1. The molecule has 0 saturated heterocycles. The Hall–Kier alpha value is -3.39. The summed E-state index contributed by atoms with van der Waals surface area (Å²) in [4.78, 5) is 28.0. The summed E-state index contributed by atoms with van der Waals surface area (Å²) in [6.45, 7) is 3.42. The standard InChI is InChI=1S/C20H20N4O3S/c1-12-7-8-18(27-3)16(9-12)23-20-24-17(11-28-20)19(26)22-15-6-4-5-14(10-15)21-13(2)25/h4-11H,1-3H3,(H,21,25)(H,22,26)(H,23,24). The highest BCUT2D eigenvalue weighted by Gasteiger charge is 2.13. The van der Waals surface area contributed by atoms with Crippen LogP contribution in [0.5, 0.6) is 5.75 Å². The van der Waals surface area contributed by atoms with Crippen LogP contribution in [0.15, 0.2) is 47.8 Å². The van der Waals surface area contributed by atoms with Gasteiger partial charge < -0.3 is 20.7 Å². The number of nitrogens with one attached hydrogen (secondary N) is 3. The second kappa shape index (κ2) is 8.53. The minimum Gasteiger partial charge on any atom is -0.495 e. The van der Waals surface area contributed by atoms with Gasteiger partial charge in [-0.1, -0.05) is 12.1 Å². The van der Waals surface area contributed by atoms with Crippen LogP contribution in [0, 0.1) is 6.92 Å². The molecule has 1 aromatic heterocycles. The number of aromatic nitrogens is 1. The first-order valence-corrected chi connectivity index (χ1v) is 9.39. The van der Waals surface area contributed by atoms with Crippen LogP contribution in [0.4, 0.5) is 22.2 Å². The zero-order valence-electron chi connectivity index (χ0n) is 15.7. The second-order valence-corrected chi connectivity index (χ2v) is 6.94. The van der Waals surface area contributed by atoms with Crippen molar-refractivity contribution in [1.29, 1.82) is 0 Å². The number of hydrogen-bond acceptors (Lipinski definition) is 6. The lowest BCUT2D eigenvalue weighted by molar-refractivity contribution is -0.114. The fourth-order valence-electron chi connectivity index (χ4n) is 2.54. The van der Waals surface area contributed by atoms with E-state index in [1.165, 1.54) is 18.3 Å². The van der Waals surface area contributed by atoms with Crippen molar-refractivity contribution >= 4 is 45.3 Å². The van der Waals surface area contributed by atoms with Gasteiger partial charge in [0.15, 0.2) is 5.13 Å². The summed E-state index contributed by atoms with van der Waals surface area (Å²) in [6.07, 6.45) is 0. The highest BCUT2D eigenvalue weighted by atomic mass is 32.1. The van der Waals surface area contributed by atoms with Crippen molar-refractivity contribution in [2.45, 2.75) is 13.8 Å². The van der Waals surface area contributed by atoms with Crippen LogP contribution in [0.25, 0.3) is 0 Å². The summed E-state index contributed by atoms with van der Waals surface area (Å²) in [6, 6.07) is 12.7. The third kappa shape index (κ3) is 4.86. The number of amides is 2. The molecule has 0 spiro atoms. The Bertz CT molecular complexity index is 1020. The molecule has 0 unspecified atom stereocenters. The van der Waals surface area contributed by atoms with Gasteiger partial charge >= 0.3 is 0 Å². The number of benzene rings is 2. The highest BCUT2D eigenvalue weighted by Crippen LogP contribution is 2.30. The lowest BCUT2D eigenvalue weighted by atomic mass is 10.2. The number of hydrogen-bond donors (Lipinski definition) is 3. The number of thiazole rings is 1. The maximum absolute atomic E-state index is 12.5. The monoisotopic (exact) mass is 396 g/mol. The minimum atomic E-state index is -0.333. The molecule has 0 radical (unpaired) electrons. The van der Waals surface area contributed by atoms with Gasteiger partial charge in [0.25, 0.3) is 5.91 Å². The fourth-order valence-corrected chi connectivity index (χ4v) is 3.25. The van der Waals surface area contributed by atoms with Gasteiger partial charge in [-0.3, -0.25) is 9.59 Å². The molecule has 0 atom stereocenters. The lowest BCUT2D eigenvalue weighted by Crippen LogP contribution is -2.13. The number of methoxy groups -OCH3 is 1. The van der Waals surface area contributed by atoms with Crippen LogP contribution in [-0.4, -0.2) is 23.9 Å². The maximum Gasteiger partial charge on any atom is 0.275 e. The van der Waals surface area contributed by atoms with Crippen LogP contribution in [0.2, 0.25) is 0 Å². The maximum atomic E-state index is 12.5. The van der Waals surface area contributed by atoms with E-state index in [-0.39, 0.29) is 11.8 Å². The van der Waals surface area contributed by atoms with Crippen molar-refractivity contribution in [2.75, 3.05) is 23.1 Å². The predicted molar refractivity (Wildman–Crippen MR) is 112 cm³/mol. The van der Waals surface area contributed by atoms with Crippen LogP contribution in [-0.2, 0) is 4.79 Å². The fraction of sp³-hybridized carbons (Fsp3) is 0.150. The molecule has 2 aromatic carbocycles. The Morgan fingerprint density at radius 2 is 1.82 bits per heavy atom. The average molecular weight is 396 g/mol. The first-order chi connectivity index (χ1) is 13.4. The molecule has 0 aliphatic heterocycles. The summed E-state index contributed by atoms with van der Waals surface area (Å²) < 4.78 is 5.35. The Morgan fingerprint density at radius 1 is 1.07 bits per heavy atom. The Morgan fingerprint density at radius 3 is 2.54 bits per heavy atom. The van der Waals surface area contributed by atoms with E-state index in [1.807, 2.05) is 25.1 Å². The summed E-state index contributed by atoms with van der Waals surface area (Å²) in [5, 5.41) is 10.9. The quantitative estimate of drug-likeness (QED) is 0.574. The zero-order valence-corrected chi connectivity index (χ0v) is 16.5. The number of carbonyl (C=O) groups is 2. The van der Waals surface area contributed by atoms with Crippen LogP contribution in [0.3, 0.4) is 0 Å². The molecular weight excluding hydrogens is 376 g/mol. The van der Waals surface area contributed by atoms with Gasteiger partial charge in [0.2, 0.25) is 5.91 Å². The minimum absolute atomic E-state index is 0.176. The first kappa shape index (κ1) is 19.4. The largest absolute Gasteiger partial charge is 0.495 e. The van der Waals surface area contributed by atoms with E-state index in [0.717, 1.165) is 11.3 Å². The highest BCUT2D eigenvalue weighted by molar-refractivity contribution is 7.14. The summed E-state index contributed by atoms with van der Waals surface area (Å²) >= 11 is 1.32. The molecule has 0 aliphatic rings. The third-order valence-corrected chi connectivity index (χ3v) is 4.53. The van der Waals surface area contributed by atoms with Crippen molar-refractivity contribution in [2.24, 2.45) is 0 Å². The zero-order chi connectivity index (χ0) is 20.1. The Kier molecular flexibility index (Phi) is 5.90. The molecule has 0 bridgehead atoms. The van der Waals surface area contributed by atoms with Crippen molar-refractivity contribution in [1.82, 2.24) is 4.98 Å². The Balaban J connectivity index is 1.71. The van der Waals surface area contributed by atoms with Gasteiger partial charge in [-0.25, -0.2) is 4.98 Å². The van der Waals surface area contributed by atoms with Crippen molar-refractivity contribution in [3.63, 3.8) is 0 Å². The topological polar surface area (TPSA) is 92.3 Å². The third-order valence-electron chi connectivity index (χ3n) is 3.77. The predicted octanol–water partition coefficient (Wildman–Crippen LogP) is 4.41. The molecule has 28 heavy (non-hydrogen) atoms. The molecule has 7 nitrogen and oxygen atoms in total. The van der Waals surface area contributed by atoms with Gasteiger partial charge in [-0.05, 0) is 42.8 Å². The molecule has 2 amide bonds. The van der Waals surface area contributed by atoms with Gasteiger partial charge in [-0.2, -0.15) is 0 Å². The van der Waals surface area contributed by atoms with Gasteiger partial charge in [0, 0.05) is 23.7 Å². The van der Waals surface area contributed by atoms with E-state index in [2.05, 4.69) is 20.9 Å². The number of anilines is 4. The molecular formula is C20H20N4O3S. The summed E-state index contributed by atoms with van der Waals surface area (Å²) in [5.74, 6) is 0.187. The van der Waals surface area contributed by atoms with E-state index < -0.39 is 0 Å². The van der Waals surface area contributed by atoms with Gasteiger partial charge in [0.1, 0.15) is 11.4 Å². The van der Waals surface area contributed by atoms with Gasteiger partial charge in [0.05, 0.1) is 12.8 Å². The second-order valence-electron chi connectivity index (χ2n) is 6.08. The van der Waals surface area contributed by atoms with Crippen LogP contribution in [0.1, 0.15) is 23.0 Å². The molecule has 3 N–H and O–H groups in total. The molecule has 3 aromatic rings. The number of aryl methyl sites for hydroxylation is 1. The van der Waals surface area contributed by atoms with E-state index in [1.54, 1.807) is 36.8 Å².